The highest BCUT2D eigenvalue weighted by molar-refractivity contribution is 6.30. The predicted octanol–water partition coefficient (Wildman–Crippen LogP) is 2.09. The van der Waals surface area contributed by atoms with Crippen LogP contribution in [0.3, 0.4) is 0 Å². The van der Waals surface area contributed by atoms with Crippen molar-refractivity contribution >= 4 is 28.3 Å². The van der Waals surface area contributed by atoms with Gasteiger partial charge in [0.15, 0.2) is 5.78 Å². The fourth-order valence-corrected chi connectivity index (χ4v) is 2.18. The molecule has 23 heavy (non-hydrogen) atoms. The van der Waals surface area contributed by atoms with Gasteiger partial charge in [-0.2, -0.15) is 0 Å². The molecule has 0 aliphatic heterocycles. The number of pyridine rings is 1. The molecule has 0 radical (unpaired) electrons. The van der Waals surface area contributed by atoms with Crippen LogP contribution in [0.4, 0.5) is 0 Å². The van der Waals surface area contributed by atoms with Gasteiger partial charge in [0.2, 0.25) is 0 Å². The molecule has 0 N–H and O–H groups in total. The van der Waals surface area contributed by atoms with Crippen molar-refractivity contribution in [2.75, 3.05) is 6.61 Å². The molecule has 0 fully saturated rings. The number of halogens is 1. The molecule has 0 saturated carbocycles. The summed E-state index contributed by atoms with van der Waals surface area (Å²) in [4.78, 5) is 32.3. The van der Waals surface area contributed by atoms with E-state index >= 15 is 0 Å². The Morgan fingerprint density at radius 3 is 2.78 bits per heavy atom. The maximum absolute atomic E-state index is 12.3. The minimum absolute atomic E-state index is 0.0995. The van der Waals surface area contributed by atoms with Gasteiger partial charge in [-0.25, -0.2) is 4.98 Å². The average Bonchev–Trinajstić information content (AvgIpc) is 2.57. The topological polar surface area (TPSA) is 74.1 Å². The van der Waals surface area contributed by atoms with Crippen molar-refractivity contribution in [3.8, 4) is 5.75 Å². The van der Waals surface area contributed by atoms with E-state index in [1.165, 1.54) is 23.3 Å². The molecule has 0 spiro atoms. The van der Waals surface area contributed by atoms with E-state index in [2.05, 4.69) is 9.97 Å². The van der Waals surface area contributed by atoms with Gasteiger partial charge in [-0.05, 0) is 30.3 Å². The van der Waals surface area contributed by atoms with Crippen LogP contribution in [0.15, 0.2) is 53.8 Å². The van der Waals surface area contributed by atoms with Crippen LogP contribution in [0.2, 0.25) is 5.02 Å². The van der Waals surface area contributed by atoms with Crippen LogP contribution in [0, 0.1) is 0 Å². The first-order valence-electron chi connectivity index (χ1n) is 6.83. The van der Waals surface area contributed by atoms with Gasteiger partial charge < -0.3 is 4.74 Å². The lowest BCUT2D eigenvalue weighted by Crippen LogP contribution is -2.27. The molecule has 0 saturated heterocycles. The number of carbonyl (C=O) groups excluding carboxylic acids is 1. The Labute approximate surface area is 136 Å². The molecular formula is C16H12ClN3O3. The molecule has 0 atom stereocenters. The van der Waals surface area contributed by atoms with Crippen LogP contribution < -0.4 is 10.3 Å². The molecule has 0 aliphatic rings. The molecule has 3 rings (SSSR count). The van der Waals surface area contributed by atoms with E-state index in [4.69, 9.17) is 16.3 Å². The first kappa shape index (κ1) is 15.2. The van der Waals surface area contributed by atoms with Gasteiger partial charge in [0.25, 0.3) is 5.56 Å². The van der Waals surface area contributed by atoms with Crippen LogP contribution in [0.1, 0.15) is 0 Å². The van der Waals surface area contributed by atoms with Crippen molar-refractivity contribution in [2.45, 2.75) is 6.54 Å². The van der Waals surface area contributed by atoms with Crippen molar-refractivity contribution in [1.29, 1.82) is 0 Å². The largest absolute Gasteiger partial charge is 0.486 e. The average molecular weight is 330 g/mol. The Hall–Kier alpha value is -2.73. The smallest absolute Gasteiger partial charge is 0.261 e. The number of benzene rings is 1. The second-order valence-electron chi connectivity index (χ2n) is 4.85. The summed E-state index contributed by atoms with van der Waals surface area (Å²) in [5.41, 5.74) is 0.218. The summed E-state index contributed by atoms with van der Waals surface area (Å²) in [6.07, 6.45) is 4.36. The molecule has 6 nitrogen and oxygen atoms in total. The third-order valence-corrected chi connectivity index (χ3v) is 3.44. The zero-order valence-corrected chi connectivity index (χ0v) is 12.7. The molecule has 7 heteroatoms. The highest BCUT2D eigenvalue weighted by Gasteiger charge is 2.09. The van der Waals surface area contributed by atoms with Crippen LogP contribution in [-0.2, 0) is 11.3 Å². The van der Waals surface area contributed by atoms with E-state index in [1.807, 2.05) is 0 Å². The summed E-state index contributed by atoms with van der Waals surface area (Å²) in [6, 6.07) is 8.27. The Bertz CT molecular complexity index is 906. The quantitative estimate of drug-likeness (QED) is 0.716. The molecule has 0 amide bonds. The minimum atomic E-state index is -0.280. The number of hydrogen-bond acceptors (Lipinski definition) is 5. The number of nitrogens with zero attached hydrogens (tertiary/aromatic N) is 3. The fraction of sp³-hybridized carbons (Fsp3) is 0.125. The lowest BCUT2D eigenvalue weighted by atomic mass is 10.3. The van der Waals surface area contributed by atoms with E-state index in [-0.39, 0.29) is 24.5 Å². The molecule has 3 aromatic rings. The minimum Gasteiger partial charge on any atom is -0.486 e. The number of aromatic nitrogens is 3. The molecule has 1 aromatic carbocycles. The van der Waals surface area contributed by atoms with E-state index in [9.17, 15) is 9.59 Å². The SMILES string of the molecule is O=C(COc1ccc(Cl)cc1)Cn1cnc2cnccc2c1=O. The van der Waals surface area contributed by atoms with Gasteiger partial charge in [0.1, 0.15) is 12.4 Å². The highest BCUT2D eigenvalue weighted by atomic mass is 35.5. The molecule has 0 aliphatic carbocycles. The maximum atomic E-state index is 12.3. The van der Waals surface area contributed by atoms with Crippen molar-refractivity contribution < 1.29 is 9.53 Å². The van der Waals surface area contributed by atoms with Gasteiger partial charge >= 0.3 is 0 Å². The summed E-state index contributed by atoms with van der Waals surface area (Å²) < 4.78 is 6.63. The number of ketones is 1. The number of fused-ring (bicyclic) bond motifs is 1. The lowest BCUT2D eigenvalue weighted by Gasteiger charge is -2.07. The summed E-state index contributed by atoms with van der Waals surface area (Å²) in [5.74, 6) is 0.301. The number of carbonyl (C=O) groups is 1. The van der Waals surface area contributed by atoms with E-state index < -0.39 is 0 Å². The molecule has 116 valence electrons. The number of rotatable bonds is 5. The second-order valence-corrected chi connectivity index (χ2v) is 5.29. The van der Waals surface area contributed by atoms with Crippen LogP contribution in [0.25, 0.3) is 10.9 Å². The summed E-state index contributed by atoms with van der Waals surface area (Å²) in [6.45, 7) is -0.236. The van der Waals surface area contributed by atoms with E-state index in [0.29, 0.717) is 21.7 Å². The number of hydrogen-bond donors (Lipinski definition) is 0. The zero-order chi connectivity index (χ0) is 16.2. The Kier molecular flexibility index (Phi) is 4.34. The Balaban J connectivity index is 1.69. The van der Waals surface area contributed by atoms with Crippen LogP contribution in [0.5, 0.6) is 5.75 Å². The van der Waals surface area contributed by atoms with Gasteiger partial charge in [-0.15, -0.1) is 0 Å². The molecule has 0 unspecified atom stereocenters. The third-order valence-electron chi connectivity index (χ3n) is 3.19. The molecule has 2 aromatic heterocycles. The highest BCUT2D eigenvalue weighted by Crippen LogP contribution is 2.15. The second kappa shape index (κ2) is 6.58. The van der Waals surface area contributed by atoms with Crippen molar-refractivity contribution in [3.05, 3.63) is 64.4 Å². The molecular weight excluding hydrogens is 318 g/mol. The van der Waals surface area contributed by atoms with E-state index in [1.54, 1.807) is 30.3 Å². The molecule has 2 heterocycles. The standard InChI is InChI=1S/C16H12ClN3O3/c17-11-1-3-13(4-2-11)23-9-12(21)8-20-10-19-15-7-18-6-5-14(15)16(20)22/h1-7,10H,8-9H2. The Morgan fingerprint density at radius 1 is 1.22 bits per heavy atom. The monoisotopic (exact) mass is 329 g/mol. The maximum Gasteiger partial charge on any atom is 0.261 e. The van der Waals surface area contributed by atoms with Crippen LogP contribution in [-0.4, -0.2) is 26.9 Å². The van der Waals surface area contributed by atoms with Crippen LogP contribution >= 0.6 is 11.6 Å². The summed E-state index contributed by atoms with van der Waals surface area (Å²) in [7, 11) is 0. The van der Waals surface area contributed by atoms with Crippen molar-refractivity contribution in [2.24, 2.45) is 0 Å². The van der Waals surface area contributed by atoms with E-state index in [0.717, 1.165) is 0 Å². The predicted molar refractivity (Wildman–Crippen MR) is 85.8 cm³/mol. The first-order valence-corrected chi connectivity index (χ1v) is 7.20. The number of Topliss-reactive ketones (excluding diaryl/α,β-unsaturated/α-hetero) is 1. The van der Waals surface area contributed by atoms with Gasteiger partial charge in [0, 0.05) is 11.2 Å². The van der Waals surface area contributed by atoms with Crippen molar-refractivity contribution in [3.63, 3.8) is 0 Å². The number of ether oxygens (including phenoxy) is 1. The summed E-state index contributed by atoms with van der Waals surface area (Å²) >= 11 is 5.77. The first-order chi connectivity index (χ1) is 11.1. The van der Waals surface area contributed by atoms with Gasteiger partial charge in [0.05, 0.1) is 30.0 Å². The third kappa shape index (κ3) is 3.54. The fourth-order valence-electron chi connectivity index (χ4n) is 2.05. The Morgan fingerprint density at radius 2 is 2.00 bits per heavy atom. The summed E-state index contributed by atoms with van der Waals surface area (Å²) in [5, 5.41) is 1.01. The van der Waals surface area contributed by atoms with Gasteiger partial charge in [-0.1, -0.05) is 11.6 Å². The normalized spacial score (nSPS) is 10.7. The molecule has 0 bridgehead atoms. The lowest BCUT2D eigenvalue weighted by molar-refractivity contribution is -0.121. The zero-order valence-electron chi connectivity index (χ0n) is 12.0. The van der Waals surface area contributed by atoms with Gasteiger partial charge in [-0.3, -0.25) is 19.1 Å². The van der Waals surface area contributed by atoms with Crippen molar-refractivity contribution in [1.82, 2.24) is 14.5 Å².